The molecule has 3 fully saturated rings. The number of piperidine rings is 1. The number of rotatable bonds is 5. The van der Waals surface area contributed by atoms with Gasteiger partial charge in [0.15, 0.2) is 0 Å². The summed E-state index contributed by atoms with van der Waals surface area (Å²) in [7, 11) is 0. The summed E-state index contributed by atoms with van der Waals surface area (Å²) in [5.41, 5.74) is 2.78. The topological polar surface area (TPSA) is 19.0 Å². The minimum atomic E-state index is 1.03. The molecular weight excluding hydrogens is 316 g/mol. The molecule has 26 heavy (non-hydrogen) atoms. The lowest BCUT2D eigenvalue weighted by atomic mass is 9.75. The first kappa shape index (κ1) is 16.9. The van der Waals surface area contributed by atoms with Crippen molar-refractivity contribution < 1.29 is 0 Å². The number of aromatic nitrogens is 1. The van der Waals surface area contributed by atoms with Crippen LogP contribution in [0.25, 0.3) is 10.9 Å². The van der Waals surface area contributed by atoms with Gasteiger partial charge in [-0.1, -0.05) is 37.5 Å². The van der Waals surface area contributed by atoms with Crippen LogP contribution in [0.3, 0.4) is 0 Å². The molecule has 3 aliphatic rings. The Morgan fingerprint density at radius 3 is 2.85 bits per heavy atom. The molecule has 1 aromatic carbocycles. The van der Waals surface area contributed by atoms with E-state index in [1.54, 1.807) is 19.3 Å². The van der Waals surface area contributed by atoms with Crippen molar-refractivity contribution in [3.05, 3.63) is 36.0 Å². The van der Waals surface area contributed by atoms with Crippen LogP contribution in [-0.2, 0) is 6.42 Å². The predicted molar refractivity (Wildman–Crippen MR) is 109 cm³/mol. The maximum Gasteiger partial charge on any atom is 0.0456 e. The second-order valence-electron chi connectivity index (χ2n) is 9.27. The van der Waals surface area contributed by atoms with Gasteiger partial charge in [-0.2, -0.15) is 0 Å². The fourth-order valence-electron chi connectivity index (χ4n) is 6.61. The van der Waals surface area contributed by atoms with Crippen molar-refractivity contribution in [2.45, 2.75) is 57.8 Å². The van der Waals surface area contributed by atoms with Crippen molar-refractivity contribution in [1.82, 2.24) is 9.88 Å². The van der Waals surface area contributed by atoms with Gasteiger partial charge in [0.2, 0.25) is 0 Å². The van der Waals surface area contributed by atoms with Crippen LogP contribution in [0.15, 0.2) is 30.5 Å². The normalized spacial score (nSPS) is 31.8. The van der Waals surface area contributed by atoms with E-state index in [0.29, 0.717) is 0 Å². The van der Waals surface area contributed by atoms with Gasteiger partial charge in [-0.3, -0.25) is 0 Å². The first-order valence-corrected chi connectivity index (χ1v) is 11.2. The van der Waals surface area contributed by atoms with Crippen molar-refractivity contribution in [3.63, 3.8) is 0 Å². The number of nitrogens with one attached hydrogen (secondary N) is 1. The van der Waals surface area contributed by atoms with E-state index in [2.05, 4.69) is 40.3 Å². The van der Waals surface area contributed by atoms with E-state index in [0.717, 1.165) is 23.7 Å². The molecule has 0 spiro atoms. The summed E-state index contributed by atoms with van der Waals surface area (Å²) in [6.07, 6.45) is 15.3. The average Bonchev–Trinajstić information content (AvgIpc) is 3.26. The Labute approximate surface area is 158 Å². The summed E-state index contributed by atoms with van der Waals surface area (Å²) in [5.74, 6) is 4.33. The van der Waals surface area contributed by atoms with E-state index in [9.17, 15) is 0 Å². The SMILES string of the molecule is c1ccc2c(CCCCN3CCC4C(CC5CCCCC54)C3)c[nH]c2c1. The number of aromatic amines is 1. The third kappa shape index (κ3) is 3.22. The minimum absolute atomic E-state index is 1.03. The van der Waals surface area contributed by atoms with Gasteiger partial charge in [-0.15, -0.1) is 0 Å². The molecule has 2 aromatic rings. The highest BCUT2D eigenvalue weighted by Crippen LogP contribution is 2.51. The fourth-order valence-corrected chi connectivity index (χ4v) is 6.61. The van der Waals surface area contributed by atoms with Crippen LogP contribution < -0.4 is 0 Å². The molecule has 1 aromatic heterocycles. The number of aryl methyl sites for hydroxylation is 1. The first-order chi connectivity index (χ1) is 12.9. The number of unbranched alkanes of at least 4 members (excludes halogenated alkanes) is 1. The zero-order valence-electron chi connectivity index (χ0n) is 16.1. The zero-order valence-corrected chi connectivity index (χ0v) is 16.1. The Hall–Kier alpha value is -1.28. The maximum absolute atomic E-state index is 3.42. The van der Waals surface area contributed by atoms with Crippen LogP contribution in [0, 0.1) is 23.7 Å². The van der Waals surface area contributed by atoms with Crippen LogP contribution >= 0.6 is 0 Å². The monoisotopic (exact) mass is 350 g/mol. The number of hydrogen-bond acceptors (Lipinski definition) is 1. The van der Waals surface area contributed by atoms with E-state index in [4.69, 9.17) is 0 Å². The van der Waals surface area contributed by atoms with Crippen LogP contribution in [-0.4, -0.2) is 29.5 Å². The summed E-state index contributed by atoms with van der Waals surface area (Å²) < 4.78 is 0. The third-order valence-electron chi connectivity index (χ3n) is 7.85. The van der Waals surface area contributed by atoms with Crippen LogP contribution in [0.5, 0.6) is 0 Å². The second-order valence-corrected chi connectivity index (χ2v) is 9.27. The zero-order chi connectivity index (χ0) is 17.3. The highest BCUT2D eigenvalue weighted by molar-refractivity contribution is 5.82. The number of likely N-dealkylation sites (tertiary alicyclic amines) is 1. The Morgan fingerprint density at radius 2 is 1.85 bits per heavy atom. The van der Waals surface area contributed by atoms with E-state index in [-0.39, 0.29) is 0 Å². The molecule has 4 atom stereocenters. The molecule has 1 aliphatic heterocycles. The van der Waals surface area contributed by atoms with Crippen LogP contribution in [0.2, 0.25) is 0 Å². The standard InChI is InChI=1S/C24H34N2/c1-2-9-21-18(7-1)15-20-17-26(14-12-22(20)21)13-6-5-8-19-16-25-24-11-4-3-10-23(19)24/h3-4,10-11,16,18,20-22,25H,1-2,5-9,12-15,17H2. The Kier molecular flexibility index (Phi) is 4.79. The van der Waals surface area contributed by atoms with Gasteiger partial charge in [-0.05, 0) is 86.9 Å². The lowest BCUT2D eigenvalue weighted by Gasteiger charge is -2.38. The molecule has 140 valence electrons. The van der Waals surface area contributed by atoms with E-state index in [1.165, 1.54) is 74.6 Å². The molecule has 1 saturated heterocycles. The van der Waals surface area contributed by atoms with Crippen LogP contribution in [0.4, 0.5) is 0 Å². The van der Waals surface area contributed by atoms with Crippen LogP contribution in [0.1, 0.15) is 56.9 Å². The second kappa shape index (κ2) is 7.38. The first-order valence-electron chi connectivity index (χ1n) is 11.2. The van der Waals surface area contributed by atoms with Gasteiger partial charge in [0, 0.05) is 23.6 Å². The van der Waals surface area contributed by atoms with Gasteiger partial charge in [0.25, 0.3) is 0 Å². The number of benzene rings is 1. The third-order valence-corrected chi connectivity index (χ3v) is 7.85. The maximum atomic E-state index is 3.42. The molecule has 1 N–H and O–H groups in total. The lowest BCUT2D eigenvalue weighted by molar-refractivity contribution is 0.109. The number of hydrogen-bond donors (Lipinski definition) is 1. The van der Waals surface area contributed by atoms with Crippen molar-refractivity contribution in [1.29, 1.82) is 0 Å². The molecule has 2 heteroatoms. The Balaban J connectivity index is 1.09. The molecule has 2 aliphatic carbocycles. The number of nitrogens with zero attached hydrogens (tertiary/aromatic N) is 1. The summed E-state index contributed by atoms with van der Waals surface area (Å²) in [5, 5.41) is 1.42. The highest BCUT2D eigenvalue weighted by Gasteiger charge is 2.45. The number of para-hydroxylation sites is 1. The quantitative estimate of drug-likeness (QED) is 0.692. The van der Waals surface area contributed by atoms with E-state index in [1.807, 2.05) is 0 Å². The molecule has 2 saturated carbocycles. The summed E-state index contributed by atoms with van der Waals surface area (Å²) in [6.45, 7) is 4.10. The van der Waals surface area contributed by atoms with Gasteiger partial charge < -0.3 is 9.88 Å². The summed E-state index contributed by atoms with van der Waals surface area (Å²) >= 11 is 0. The van der Waals surface area contributed by atoms with Gasteiger partial charge >= 0.3 is 0 Å². The average molecular weight is 351 g/mol. The van der Waals surface area contributed by atoms with Gasteiger partial charge in [-0.25, -0.2) is 0 Å². The molecule has 2 heterocycles. The predicted octanol–water partition coefficient (Wildman–Crippen LogP) is 5.64. The van der Waals surface area contributed by atoms with Crippen molar-refractivity contribution in [2.24, 2.45) is 23.7 Å². The highest BCUT2D eigenvalue weighted by atomic mass is 15.1. The molecular formula is C24H34N2. The molecule has 5 rings (SSSR count). The van der Waals surface area contributed by atoms with Gasteiger partial charge in [0.1, 0.15) is 0 Å². The molecule has 0 bridgehead atoms. The van der Waals surface area contributed by atoms with Crippen molar-refractivity contribution in [2.75, 3.05) is 19.6 Å². The van der Waals surface area contributed by atoms with Crippen molar-refractivity contribution in [3.8, 4) is 0 Å². The Morgan fingerprint density at radius 1 is 0.962 bits per heavy atom. The minimum Gasteiger partial charge on any atom is -0.361 e. The van der Waals surface area contributed by atoms with Crippen molar-refractivity contribution >= 4 is 10.9 Å². The van der Waals surface area contributed by atoms with E-state index >= 15 is 0 Å². The van der Waals surface area contributed by atoms with E-state index < -0.39 is 0 Å². The summed E-state index contributed by atoms with van der Waals surface area (Å²) in [4.78, 5) is 6.22. The largest absolute Gasteiger partial charge is 0.361 e. The smallest absolute Gasteiger partial charge is 0.0456 e. The lowest BCUT2D eigenvalue weighted by Crippen LogP contribution is -2.40. The molecule has 2 nitrogen and oxygen atoms in total. The number of H-pyrrole nitrogens is 1. The fraction of sp³-hybridized carbons (Fsp3) is 0.667. The number of fused-ring (bicyclic) bond motifs is 4. The summed E-state index contributed by atoms with van der Waals surface area (Å²) in [6, 6.07) is 8.71. The Bertz CT molecular complexity index is 733. The molecule has 0 amide bonds. The molecule has 4 unspecified atom stereocenters. The molecule has 0 radical (unpaired) electrons. The van der Waals surface area contributed by atoms with Gasteiger partial charge in [0.05, 0.1) is 0 Å².